The molecule has 1 aromatic heterocycles. The fourth-order valence-electron chi connectivity index (χ4n) is 1.70. The average Bonchev–Trinajstić information content (AvgIpc) is 2.74. The van der Waals surface area contributed by atoms with Crippen LogP contribution in [0, 0.1) is 11.6 Å². The van der Waals surface area contributed by atoms with E-state index in [1.807, 2.05) is 6.92 Å². The van der Waals surface area contributed by atoms with Crippen molar-refractivity contribution in [1.29, 1.82) is 0 Å². The van der Waals surface area contributed by atoms with Gasteiger partial charge in [0.15, 0.2) is 11.4 Å². The summed E-state index contributed by atoms with van der Waals surface area (Å²) in [6.45, 7) is 1.91. The van der Waals surface area contributed by atoms with Crippen LogP contribution in [-0.2, 0) is 6.42 Å². The Labute approximate surface area is 92.2 Å². The minimum Gasteiger partial charge on any atom is -0.461 e. The van der Waals surface area contributed by atoms with E-state index in [4.69, 9.17) is 4.42 Å². The molecule has 0 radical (unpaired) electrons. The number of likely N-dealkylation sites (N-methyl/N-ethyl adjacent to an activating group) is 1. The summed E-state index contributed by atoms with van der Waals surface area (Å²) in [7, 11) is 1.79. The van der Waals surface area contributed by atoms with Gasteiger partial charge in [0.2, 0.25) is 0 Å². The average molecular weight is 225 g/mol. The second-order valence-corrected chi connectivity index (χ2v) is 3.89. The predicted octanol–water partition coefficient (Wildman–Crippen LogP) is 2.86. The zero-order valence-electron chi connectivity index (χ0n) is 9.18. The van der Waals surface area contributed by atoms with Crippen LogP contribution >= 0.6 is 0 Å². The second-order valence-electron chi connectivity index (χ2n) is 3.89. The van der Waals surface area contributed by atoms with Crippen LogP contribution in [0.25, 0.3) is 11.0 Å². The SMILES string of the molecule is CN[C@@H](C)Cc1cc(F)c2occc2c1F. The normalized spacial score (nSPS) is 13.2. The first kappa shape index (κ1) is 11.1. The minimum atomic E-state index is -0.514. The van der Waals surface area contributed by atoms with Crippen molar-refractivity contribution in [3.05, 3.63) is 35.6 Å². The lowest BCUT2D eigenvalue weighted by Crippen LogP contribution is -2.24. The topological polar surface area (TPSA) is 25.2 Å². The lowest BCUT2D eigenvalue weighted by Gasteiger charge is -2.11. The molecular weight excluding hydrogens is 212 g/mol. The van der Waals surface area contributed by atoms with Gasteiger partial charge in [0, 0.05) is 6.04 Å². The summed E-state index contributed by atoms with van der Waals surface area (Å²) in [6, 6.07) is 2.74. The molecule has 0 unspecified atom stereocenters. The minimum absolute atomic E-state index is 0.0154. The van der Waals surface area contributed by atoms with E-state index >= 15 is 0 Å². The van der Waals surface area contributed by atoms with Crippen LogP contribution < -0.4 is 5.32 Å². The quantitative estimate of drug-likeness (QED) is 0.868. The molecule has 0 aliphatic carbocycles. The largest absolute Gasteiger partial charge is 0.461 e. The summed E-state index contributed by atoms with van der Waals surface area (Å²) in [4.78, 5) is 0. The molecule has 1 atom stereocenters. The van der Waals surface area contributed by atoms with Gasteiger partial charge in [-0.25, -0.2) is 8.78 Å². The van der Waals surface area contributed by atoms with Crippen molar-refractivity contribution < 1.29 is 13.2 Å². The predicted molar refractivity (Wildman–Crippen MR) is 58.4 cm³/mol. The maximum Gasteiger partial charge on any atom is 0.172 e. The Morgan fingerprint density at radius 3 is 2.88 bits per heavy atom. The molecule has 0 amide bonds. The molecule has 2 rings (SSSR count). The molecule has 0 bridgehead atoms. The van der Waals surface area contributed by atoms with E-state index in [9.17, 15) is 8.78 Å². The van der Waals surface area contributed by atoms with Crippen molar-refractivity contribution in [3.8, 4) is 0 Å². The highest BCUT2D eigenvalue weighted by Crippen LogP contribution is 2.25. The first-order valence-electron chi connectivity index (χ1n) is 5.14. The third-order valence-electron chi connectivity index (χ3n) is 2.72. The molecule has 0 aliphatic rings. The molecule has 0 saturated heterocycles. The second kappa shape index (κ2) is 4.22. The Hall–Kier alpha value is -1.42. The van der Waals surface area contributed by atoms with Crippen LogP contribution in [0.4, 0.5) is 8.78 Å². The summed E-state index contributed by atoms with van der Waals surface area (Å²) in [5.74, 6) is -0.910. The molecule has 1 heterocycles. The van der Waals surface area contributed by atoms with E-state index in [-0.39, 0.29) is 17.0 Å². The van der Waals surface area contributed by atoms with Gasteiger partial charge in [-0.05, 0) is 38.1 Å². The van der Waals surface area contributed by atoms with Gasteiger partial charge < -0.3 is 9.73 Å². The molecule has 2 aromatic rings. The van der Waals surface area contributed by atoms with Crippen LogP contribution in [0.5, 0.6) is 0 Å². The van der Waals surface area contributed by atoms with Crippen LogP contribution in [0.3, 0.4) is 0 Å². The third kappa shape index (κ3) is 1.80. The third-order valence-corrected chi connectivity index (χ3v) is 2.72. The molecule has 1 N–H and O–H groups in total. The Balaban J connectivity index is 2.49. The van der Waals surface area contributed by atoms with Crippen LogP contribution in [0.2, 0.25) is 0 Å². The maximum absolute atomic E-state index is 13.9. The molecular formula is C12H13F2NO. The van der Waals surface area contributed by atoms with E-state index in [2.05, 4.69) is 5.32 Å². The lowest BCUT2D eigenvalue weighted by molar-refractivity contribution is 0.540. The summed E-state index contributed by atoms with van der Waals surface area (Å²) in [5, 5.41) is 3.20. The van der Waals surface area contributed by atoms with Gasteiger partial charge in [0.05, 0.1) is 11.6 Å². The Morgan fingerprint density at radius 2 is 2.19 bits per heavy atom. The van der Waals surface area contributed by atoms with Crippen LogP contribution in [0.1, 0.15) is 12.5 Å². The Kier molecular flexibility index (Phi) is 2.92. The number of hydrogen-bond acceptors (Lipinski definition) is 2. The van der Waals surface area contributed by atoms with Gasteiger partial charge in [-0.1, -0.05) is 0 Å². The maximum atomic E-state index is 13.9. The number of hydrogen-bond donors (Lipinski definition) is 1. The van der Waals surface area contributed by atoms with Crippen LogP contribution in [-0.4, -0.2) is 13.1 Å². The first-order chi connectivity index (χ1) is 7.63. The molecule has 0 aliphatic heterocycles. The van der Waals surface area contributed by atoms with E-state index < -0.39 is 11.6 Å². The van der Waals surface area contributed by atoms with E-state index in [0.717, 1.165) is 0 Å². The van der Waals surface area contributed by atoms with Crippen molar-refractivity contribution in [2.24, 2.45) is 0 Å². The van der Waals surface area contributed by atoms with Crippen molar-refractivity contribution >= 4 is 11.0 Å². The molecule has 4 heteroatoms. The summed E-state index contributed by atoms with van der Waals surface area (Å²) < 4.78 is 32.3. The number of nitrogens with one attached hydrogen (secondary N) is 1. The fourth-order valence-corrected chi connectivity index (χ4v) is 1.70. The van der Waals surface area contributed by atoms with Gasteiger partial charge in [-0.2, -0.15) is 0 Å². The zero-order chi connectivity index (χ0) is 11.7. The van der Waals surface area contributed by atoms with E-state index in [1.54, 1.807) is 7.05 Å². The summed E-state index contributed by atoms with van der Waals surface area (Å²) in [5.41, 5.74) is 0.353. The van der Waals surface area contributed by atoms with Gasteiger partial charge in [0.1, 0.15) is 5.82 Å². The van der Waals surface area contributed by atoms with Crippen molar-refractivity contribution in [2.75, 3.05) is 7.05 Å². The smallest absolute Gasteiger partial charge is 0.172 e. The Morgan fingerprint density at radius 1 is 1.44 bits per heavy atom. The Bertz CT molecular complexity index is 507. The number of fused-ring (bicyclic) bond motifs is 1. The molecule has 0 spiro atoms. The molecule has 86 valence electrons. The van der Waals surface area contributed by atoms with E-state index in [0.29, 0.717) is 12.0 Å². The lowest BCUT2D eigenvalue weighted by atomic mass is 10.0. The van der Waals surface area contributed by atoms with Gasteiger partial charge >= 0.3 is 0 Å². The molecule has 1 aromatic carbocycles. The van der Waals surface area contributed by atoms with Gasteiger partial charge in [-0.15, -0.1) is 0 Å². The van der Waals surface area contributed by atoms with Crippen molar-refractivity contribution in [1.82, 2.24) is 5.32 Å². The monoisotopic (exact) mass is 225 g/mol. The molecule has 2 nitrogen and oxygen atoms in total. The highest BCUT2D eigenvalue weighted by atomic mass is 19.1. The summed E-state index contributed by atoms with van der Waals surface area (Å²) >= 11 is 0. The number of halogens is 2. The van der Waals surface area contributed by atoms with Gasteiger partial charge in [0.25, 0.3) is 0 Å². The zero-order valence-corrected chi connectivity index (χ0v) is 9.18. The highest BCUT2D eigenvalue weighted by Gasteiger charge is 2.15. The van der Waals surface area contributed by atoms with E-state index in [1.165, 1.54) is 18.4 Å². The standard InChI is InChI=1S/C12H13F2NO/c1-7(15-2)5-8-6-10(13)12-9(11(8)14)3-4-16-12/h3-4,6-7,15H,5H2,1-2H3/t7-/m0/s1. The van der Waals surface area contributed by atoms with Crippen molar-refractivity contribution in [3.63, 3.8) is 0 Å². The number of rotatable bonds is 3. The number of benzene rings is 1. The van der Waals surface area contributed by atoms with Gasteiger partial charge in [-0.3, -0.25) is 0 Å². The van der Waals surface area contributed by atoms with Crippen molar-refractivity contribution in [2.45, 2.75) is 19.4 Å². The molecule has 16 heavy (non-hydrogen) atoms. The first-order valence-corrected chi connectivity index (χ1v) is 5.14. The summed E-state index contributed by atoms with van der Waals surface area (Å²) in [6.07, 6.45) is 1.74. The number of furan rings is 1. The molecule has 0 saturated carbocycles. The fraction of sp³-hybridized carbons (Fsp3) is 0.333. The van der Waals surface area contributed by atoms with Crippen LogP contribution in [0.15, 0.2) is 22.8 Å². The molecule has 0 fully saturated rings. The highest BCUT2D eigenvalue weighted by molar-refractivity contribution is 5.79.